The van der Waals surface area contributed by atoms with Gasteiger partial charge in [0.25, 0.3) is 0 Å². The van der Waals surface area contributed by atoms with Gasteiger partial charge in [0.2, 0.25) is 5.91 Å². The number of aliphatic hydroxyl groups excluding tert-OH is 5. The van der Waals surface area contributed by atoms with Crippen molar-refractivity contribution in [2.24, 2.45) is 0 Å². The first kappa shape index (κ1) is 62.2. The first-order valence-electron chi connectivity index (χ1n) is 28.7. The lowest BCUT2D eigenvalue weighted by Gasteiger charge is -2.40. The molecule has 0 radical (unpaired) electrons. The fraction of sp³-hybridized carbons (Fsp3) is 0.982. The quantitative estimate of drug-likeness (QED) is 0.0330. The maximum Gasteiger partial charge on any atom is 0.220 e. The van der Waals surface area contributed by atoms with Crippen LogP contribution in [0.1, 0.15) is 296 Å². The molecule has 1 heterocycles. The van der Waals surface area contributed by atoms with Crippen molar-refractivity contribution in [3.05, 3.63) is 0 Å². The van der Waals surface area contributed by atoms with E-state index in [0.717, 1.165) is 38.5 Å². The van der Waals surface area contributed by atoms with Crippen molar-refractivity contribution in [2.45, 2.75) is 339 Å². The van der Waals surface area contributed by atoms with E-state index in [2.05, 4.69) is 19.2 Å². The molecule has 0 aromatic rings. The number of ether oxygens (including phenoxy) is 2. The number of amides is 1. The number of unbranched alkanes of at least 4 members (excludes halogenated alkanes) is 40. The van der Waals surface area contributed by atoms with Gasteiger partial charge in [0.1, 0.15) is 24.4 Å². The zero-order chi connectivity index (χ0) is 47.3. The van der Waals surface area contributed by atoms with Crippen LogP contribution < -0.4 is 5.32 Å². The number of carbonyl (C=O) groups excluding carboxylic acids is 1. The lowest BCUT2D eigenvalue weighted by Crippen LogP contribution is -2.60. The average Bonchev–Trinajstić information content (AvgIpc) is 3.31. The van der Waals surface area contributed by atoms with Gasteiger partial charge in [-0.05, 0) is 12.8 Å². The molecule has 0 bridgehead atoms. The van der Waals surface area contributed by atoms with Crippen LogP contribution in [0.25, 0.3) is 0 Å². The maximum atomic E-state index is 13.1. The third-order valence-corrected chi connectivity index (χ3v) is 14.2. The van der Waals surface area contributed by atoms with Gasteiger partial charge in [0.05, 0.1) is 25.4 Å². The summed E-state index contributed by atoms with van der Waals surface area (Å²) >= 11 is 0. The predicted molar refractivity (Wildman–Crippen MR) is 272 cm³/mol. The molecule has 7 atom stereocenters. The van der Waals surface area contributed by atoms with Crippen molar-refractivity contribution in [3.8, 4) is 0 Å². The number of nitrogens with one attached hydrogen (secondary N) is 1. The van der Waals surface area contributed by atoms with Crippen LogP contribution in [-0.4, -0.2) is 87.5 Å². The molecule has 1 amide bonds. The van der Waals surface area contributed by atoms with Gasteiger partial charge in [0, 0.05) is 6.42 Å². The molecule has 0 aromatic heterocycles. The molecule has 1 saturated heterocycles. The van der Waals surface area contributed by atoms with Crippen LogP contribution in [0.5, 0.6) is 0 Å². The summed E-state index contributed by atoms with van der Waals surface area (Å²) in [7, 11) is 0. The first-order chi connectivity index (χ1) is 31.8. The van der Waals surface area contributed by atoms with Gasteiger partial charge in [0.15, 0.2) is 6.29 Å². The minimum atomic E-state index is -1.55. The predicted octanol–water partition coefficient (Wildman–Crippen LogP) is 13.9. The van der Waals surface area contributed by atoms with E-state index in [-0.39, 0.29) is 12.5 Å². The van der Waals surface area contributed by atoms with E-state index >= 15 is 0 Å². The van der Waals surface area contributed by atoms with E-state index in [1.165, 1.54) is 231 Å². The Labute approximate surface area is 402 Å². The van der Waals surface area contributed by atoms with Gasteiger partial charge < -0.3 is 40.3 Å². The second-order valence-electron chi connectivity index (χ2n) is 20.5. The summed E-state index contributed by atoms with van der Waals surface area (Å²) in [6, 6.07) is -0.713. The molecule has 388 valence electrons. The fourth-order valence-corrected chi connectivity index (χ4v) is 9.64. The number of hydrogen-bond acceptors (Lipinski definition) is 8. The monoisotopic (exact) mass is 926 g/mol. The highest BCUT2D eigenvalue weighted by molar-refractivity contribution is 5.76. The van der Waals surface area contributed by atoms with Gasteiger partial charge in [-0.2, -0.15) is 0 Å². The number of hydrogen-bond donors (Lipinski definition) is 6. The van der Waals surface area contributed by atoms with Crippen LogP contribution >= 0.6 is 0 Å². The Balaban J connectivity index is 2.15. The standard InChI is InChI=1S/C56H111NO8/c1-3-5-7-9-11-13-15-17-19-20-21-22-23-24-25-26-27-28-29-30-32-34-36-38-40-42-44-46-52(60)57-49(48-64-56-55(63)54(62)53(61)51(47-58)65-56)50(59)45-43-41-39-37-35-33-31-18-16-14-12-10-8-6-4-2/h49-51,53-56,58-59,61-63H,3-48H2,1-2H3,(H,57,60)/t49-,50+,51+,53-,54?,55?,56+/m0/s1. The van der Waals surface area contributed by atoms with Crippen molar-refractivity contribution in [1.82, 2.24) is 5.32 Å². The molecular formula is C56H111NO8. The Kier molecular flexibility index (Phi) is 44.9. The molecule has 0 aliphatic carbocycles. The van der Waals surface area contributed by atoms with Crippen molar-refractivity contribution in [3.63, 3.8) is 0 Å². The molecule has 1 aliphatic rings. The zero-order valence-corrected chi connectivity index (χ0v) is 43.0. The van der Waals surface area contributed by atoms with Gasteiger partial charge in [-0.25, -0.2) is 0 Å². The molecule has 1 aliphatic heterocycles. The number of rotatable bonds is 50. The third kappa shape index (κ3) is 36.8. The molecule has 9 nitrogen and oxygen atoms in total. The Morgan fingerprint density at radius 1 is 0.462 bits per heavy atom. The number of carbonyl (C=O) groups is 1. The average molecular weight is 927 g/mol. The lowest BCUT2D eigenvalue weighted by atomic mass is 9.99. The summed E-state index contributed by atoms with van der Waals surface area (Å²) < 4.78 is 11.3. The molecular weight excluding hydrogens is 815 g/mol. The fourth-order valence-electron chi connectivity index (χ4n) is 9.64. The van der Waals surface area contributed by atoms with Gasteiger partial charge >= 0.3 is 0 Å². The van der Waals surface area contributed by atoms with E-state index in [0.29, 0.717) is 12.8 Å². The van der Waals surface area contributed by atoms with Gasteiger partial charge in [-0.15, -0.1) is 0 Å². The van der Waals surface area contributed by atoms with Crippen molar-refractivity contribution in [2.75, 3.05) is 13.2 Å². The molecule has 1 rings (SSSR count). The second-order valence-corrected chi connectivity index (χ2v) is 20.5. The van der Waals surface area contributed by atoms with Crippen LogP contribution in [0.4, 0.5) is 0 Å². The molecule has 9 heteroatoms. The van der Waals surface area contributed by atoms with E-state index in [4.69, 9.17) is 9.47 Å². The summed E-state index contributed by atoms with van der Waals surface area (Å²) in [5.74, 6) is -0.137. The van der Waals surface area contributed by atoms with E-state index < -0.39 is 49.5 Å². The first-order valence-corrected chi connectivity index (χ1v) is 28.7. The minimum absolute atomic E-state index is 0.131. The second kappa shape index (κ2) is 46.9. The van der Waals surface area contributed by atoms with Gasteiger partial charge in [-0.3, -0.25) is 4.79 Å². The van der Waals surface area contributed by atoms with E-state index in [1.54, 1.807) is 0 Å². The summed E-state index contributed by atoms with van der Waals surface area (Å²) in [5, 5.41) is 54.6. The van der Waals surface area contributed by atoms with E-state index in [1.807, 2.05) is 0 Å². The van der Waals surface area contributed by atoms with Crippen LogP contribution in [0.3, 0.4) is 0 Å². The minimum Gasteiger partial charge on any atom is -0.394 e. The maximum absolute atomic E-state index is 13.1. The van der Waals surface area contributed by atoms with Crippen LogP contribution in [0.2, 0.25) is 0 Å². The Bertz CT molecular complexity index is 986. The van der Waals surface area contributed by atoms with Crippen LogP contribution in [-0.2, 0) is 14.3 Å². The smallest absolute Gasteiger partial charge is 0.220 e. The normalized spacial score (nSPS) is 19.8. The molecule has 65 heavy (non-hydrogen) atoms. The molecule has 0 aromatic carbocycles. The lowest BCUT2D eigenvalue weighted by molar-refractivity contribution is -0.302. The Hall–Kier alpha value is -0.810. The van der Waals surface area contributed by atoms with E-state index in [9.17, 15) is 30.3 Å². The van der Waals surface area contributed by atoms with Crippen molar-refractivity contribution >= 4 is 5.91 Å². The molecule has 0 saturated carbocycles. The largest absolute Gasteiger partial charge is 0.394 e. The summed E-state index contributed by atoms with van der Waals surface area (Å²) in [4.78, 5) is 13.1. The highest BCUT2D eigenvalue weighted by Gasteiger charge is 2.44. The summed E-state index contributed by atoms with van der Waals surface area (Å²) in [6.45, 7) is 3.88. The molecule has 2 unspecified atom stereocenters. The van der Waals surface area contributed by atoms with Crippen molar-refractivity contribution in [1.29, 1.82) is 0 Å². The van der Waals surface area contributed by atoms with Crippen LogP contribution in [0, 0.1) is 0 Å². The van der Waals surface area contributed by atoms with Gasteiger partial charge in [-0.1, -0.05) is 277 Å². The summed E-state index contributed by atoms with van der Waals surface area (Å²) in [5.41, 5.74) is 0. The van der Waals surface area contributed by atoms with Crippen LogP contribution in [0.15, 0.2) is 0 Å². The SMILES string of the molecule is CCCCCCCCCCCCCCCCCCCCCCCCCCCCCC(=O)N[C@@H](CO[C@@H]1O[C@H](CO)[C@H](O)C(O)C1O)[C@H](O)CCCCCCCCCCCCCCCCC. The zero-order valence-electron chi connectivity index (χ0n) is 43.0. The number of aliphatic hydroxyl groups is 5. The topological polar surface area (TPSA) is 149 Å². The molecule has 0 spiro atoms. The highest BCUT2D eigenvalue weighted by Crippen LogP contribution is 2.23. The molecule has 6 N–H and O–H groups in total. The third-order valence-electron chi connectivity index (χ3n) is 14.2. The molecule has 1 fully saturated rings. The summed E-state index contributed by atoms with van der Waals surface area (Å²) in [6.07, 6.45) is 48.5. The Morgan fingerprint density at radius 3 is 1.09 bits per heavy atom. The Morgan fingerprint density at radius 2 is 0.769 bits per heavy atom. The highest BCUT2D eigenvalue weighted by atomic mass is 16.7. The van der Waals surface area contributed by atoms with Crippen molar-refractivity contribution < 1.29 is 39.8 Å².